The van der Waals surface area contributed by atoms with E-state index in [1.54, 1.807) is 31.3 Å². The number of Topliss-reactive ketones (excluding diaryl/α,β-unsaturated/α-hetero) is 3. The maximum Gasteiger partial charge on any atom is 0.251 e. The minimum atomic E-state index is -0.439. The van der Waals surface area contributed by atoms with Gasteiger partial charge in [0, 0.05) is 48.9 Å². The molecule has 0 bridgehead atoms. The first-order chi connectivity index (χ1) is 17.7. The van der Waals surface area contributed by atoms with Crippen molar-refractivity contribution in [1.29, 1.82) is 0 Å². The van der Waals surface area contributed by atoms with Crippen LogP contribution in [0.5, 0.6) is 0 Å². The second kappa shape index (κ2) is 15.8. The van der Waals surface area contributed by atoms with Crippen molar-refractivity contribution in [3.63, 3.8) is 0 Å². The Balaban J connectivity index is 1.97. The Kier molecular flexibility index (Phi) is 12.8. The second-order valence-corrected chi connectivity index (χ2v) is 9.12. The molecule has 0 aliphatic rings. The zero-order valence-corrected chi connectivity index (χ0v) is 22.2. The van der Waals surface area contributed by atoms with E-state index in [0.717, 1.165) is 11.1 Å². The number of nitrogens with zero attached hydrogens (tertiary/aromatic N) is 1. The molecule has 0 fully saturated rings. The minimum absolute atomic E-state index is 0.00966. The van der Waals surface area contributed by atoms with Gasteiger partial charge in [0.1, 0.15) is 17.3 Å². The van der Waals surface area contributed by atoms with E-state index in [0.29, 0.717) is 36.9 Å². The highest BCUT2D eigenvalue weighted by Gasteiger charge is 2.16. The smallest absolute Gasteiger partial charge is 0.251 e. The quantitative estimate of drug-likeness (QED) is 0.247. The van der Waals surface area contributed by atoms with Gasteiger partial charge in [-0.2, -0.15) is 0 Å². The Labute approximate surface area is 219 Å². The van der Waals surface area contributed by atoms with Gasteiger partial charge < -0.3 is 14.8 Å². The first-order valence-electron chi connectivity index (χ1n) is 12.9. The van der Waals surface area contributed by atoms with Gasteiger partial charge in [-0.3, -0.25) is 24.2 Å². The summed E-state index contributed by atoms with van der Waals surface area (Å²) >= 11 is 0. The first kappa shape index (κ1) is 30.0. The molecule has 1 heterocycles. The summed E-state index contributed by atoms with van der Waals surface area (Å²) in [7, 11) is 0. The number of carbonyl (C=O) groups excluding carboxylic acids is 4. The first-order valence-corrected chi connectivity index (χ1v) is 12.9. The Morgan fingerprint density at radius 2 is 1.46 bits per heavy atom. The normalized spacial score (nSPS) is 11.8. The van der Waals surface area contributed by atoms with Crippen molar-refractivity contribution in [3.8, 4) is 11.1 Å². The third-order valence-corrected chi connectivity index (χ3v) is 5.88. The summed E-state index contributed by atoms with van der Waals surface area (Å²) in [6.45, 7) is 8.22. The van der Waals surface area contributed by atoms with E-state index < -0.39 is 6.04 Å². The highest BCUT2D eigenvalue weighted by atomic mass is 16.5. The Morgan fingerprint density at radius 3 is 2.00 bits per heavy atom. The molecule has 2 aromatic rings. The largest absolute Gasteiger partial charge is 0.379 e. The summed E-state index contributed by atoms with van der Waals surface area (Å²) in [5, 5.41) is 2.92. The Morgan fingerprint density at radius 1 is 0.838 bits per heavy atom. The van der Waals surface area contributed by atoms with Crippen LogP contribution in [0.15, 0.2) is 42.6 Å². The average molecular weight is 511 g/mol. The molecule has 1 aromatic heterocycles. The molecular formula is C29H38N2O6. The highest BCUT2D eigenvalue weighted by Crippen LogP contribution is 2.19. The number of amides is 1. The van der Waals surface area contributed by atoms with Crippen LogP contribution in [0.2, 0.25) is 0 Å². The van der Waals surface area contributed by atoms with Crippen LogP contribution in [-0.2, 0) is 19.1 Å². The van der Waals surface area contributed by atoms with Crippen LogP contribution < -0.4 is 5.32 Å². The molecular weight excluding hydrogens is 472 g/mol. The number of rotatable bonds is 17. The molecule has 1 aromatic carbocycles. The van der Waals surface area contributed by atoms with Crippen LogP contribution in [0.4, 0.5) is 0 Å². The standard InChI is InChI=1S/C29H38N2O6/c1-5-25(32)13-15-36-18-24(19-37-16-14-28(34)20(3)4)31-29(35)22-9-7-21(8-10-22)23-11-12-26(30-17-23)27(33)6-2/h7-12,17,20,24H,5-6,13-16,18-19H2,1-4H3,(H,31,35). The van der Waals surface area contributed by atoms with E-state index in [9.17, 15) is 19.2 Å². The lowest BCUT2D eigenvalue weighted by Gasteiger charge is -2.19. The molecule has 8 nitrogen and oxygen atoms in total. The number of hydrogen-bond donors (Lipinski definition) is 1. The van der Waals surface area contributed by atoms with Crippen molar-refractivity contribution in [3.05, 3.63) is 53.9 Å². The summed E-state index contributed by atoms with van der Waals surface area (Å²) in [4.78, 5) is 52.2. The van der Waals surface area contributed by atoms with Crippen LogP contribution in [0.25, 0.3) is 11.1 Å². The Hall–Kier alpha value is -3.23. The molecule has 0 saturated carbocycles. The van der Waals surface area contributed by atoms with E-state index in [1.807, 2.05) is 39.0 Å². The maximum atomic E-state index is 12.9. The summed E-state index contributed by atoms with van der Waals surface area (Å²) < 4.78 is 11.3. The maximum absolute atomic E-state index is 12.9. The van der Waals surface area contributed by atoms with E-state index in [2.05, 4.69) is 10.3 Å². The second-order valence-electron chi connectivity index (χ2n) is 9.12. The van der Waals surface area contributed by atoms with Crippen LogP contribution in [0, 0.1) is 5.92 Å². The van der Waals surface area contributed by atoms with Crippen LogP contribution >= 0.6 is 0 Å². The predicted octanol–water partition coefficient (Wildman–Crippen LogP) is 4.46. The van der Waals surface area contributed by atoms with Crippen LogP contribution in [0.1, 0.15) is 74.2 Å². The van der Waals surface area contributed by atoms with Crippen molar-refractivity contribution >= 4 is 23.3 Å². The number of ether oxygens (including phenoxy) is 2. The molecule has 1 unspecified atom stereocenters. The molecule has 0 radical (unpaired) electrons. The molecule has 0 saturated heterocycles. The third kappa shape index (κ3) is 10.3. The lowest BCUT2D eigenvalue weighted by Crippen LogP contribution is -2.42. The highest BCUT2D eigenvalue weighted by molar-refractivity contribution is 5.95. The summed E-state index contributed by atoms with van der Waals surface area (Å²) in [6, 6.07) is 10.2. The molecule has 1 amide bonds. The summed E-state index contributed by atoms with van der Waals surface area (Å²) in [6.07, 6.45) is 3.15. The van der Waals surface area contributed by atoms with Gasteiger partial charge in [0.25, 0.3) is 5.91 Å². The lowest BCUT2D eigenvalue weighted by molar-refractivity contribution is -0.123. The van der Waals surface area contributed by atoms with Crippen molar-refractivity contribution in [1.82, 2.24) is 10.3 Å². The molecule has 2 rings (SSSR count). The number of nitrogens with one attached hydrogen (secondary N) is 1. The fourth-order valence-electron chi connectivity index (χ4n) is 3.40. The van der Waals surface area contributed by atoms with Crippen LogP contribution in [0.3, 0.4) is 0 Å². The number of carbonyl (C=O) groups is 4. The topological polar surface area (TPSA) is 112 Å². The average Bonchev–Trinajstić information content (AvgIpc) is 2.92. The van der Waals surface area contributed by atoms with Gasteiger partial charge in [0.2, 0.25) is 0 Å². The van der Waals surface area contributed by atoms with E-state index in [-0.39, 0.29) is 55.6 Å². The zero-order valence-electron chi connectivity index (χ0n) is 22.2. The number of pyridine rings is 1. The molecule has 200 valence electrons. The van der Waals surface area contributed by atoms with Gasteiger partial charge in [-0.15, -0.1) is 0 Å². The van der Waals surface area contributed by atoms with Gasteiger partial charge in [-0.25, -0.2) is 0 Å². The molecule has 1 atom stereocenters. The summed E-state index contributed by atoms with van der Waals surface area (Å²) in [5.41, 5.74) is 2.62. The number of benzene rings is 1. The molecule has 0 spiro atoms. The van der Waals surface area contributed by atoms with Crippen LogP contribution in [-0.4, -0.2) is 60.7 Å². The SMILES string of the molecule is CCC(=O)CCOCC(COCCC(=O)C(C)C)NC(=O)c1ccc(-c2ccc(C(=O)CC)nc2)cc1. The molecule has 1 N–H and O–H groups in total. The van der Waals surface area contributed by atoms with Gasteiger partial charge in [-0.05, 0) is 23.8 Å². The van der Waals surface area contributed by atoms with Crippen molar-refractivity contribution < 1.29 is 28.7 Å². The van der Waals surface area contributed by atoms with E-state index >= 15 is 0 Å². The lowest BCUT2D eigenvalue weighted by atomic mass is 10.0. The third-order valence-electron chi connectivity index (χ3n) is 5.88. The van der Waals surface area contributed by atoms with Gasteiger partial charge in [-0.1, -0.05) is 45.9 Å². The van der Waals surface area contributed by atoms with Crippen molar-refractivity contribution in [2.24, 2.45) is 5.92 Å². The minimum Gasteiger partial charge on any atom is -0.379 e. The van der Waals surface area contributed by atoms with Crippen molar-refractivity contribution in [2.75, 3.05) is 26.4 Å². The zero-order chi connectivity index (χ0) is 27.2. The monoisotopic (exact) mass is 510 g/mol. The fourth-order valence-corrected chi connectivity index (χ4v) is 3.40. The predicted molar refractivity (Wildman–Crippen MR) is 142 cm³/mol. The fraction of sp³-hybridized carbons (Fsp3) is 0.483. The Bertz CT molecular complexity index is 1030. The molecule has 0 aliphatic carbocycles. The van der Waals surface area contributed by atoms with Gasteiger partial charge in [0.05, 0.1) is 32.5 Å². The van der Waals surface area contributed by atoms with Gasteiger partial charge in [0.15, 0.2) is 5.78 Å². The van der Waals surface area contributed by atoms with Gasteiger partial charge >= 0.3 is 0 Å². The number of ketones is 3. The number of hydrogen-bond acceptors (Lipinski definition) is 7. The number of aromatic nitrogens is 1. The van der Waals surface area contributed by atoms with E-state index in [4.69, 9.17) is 9.47 Å². The summed E-state index contributed by atoms with van der Waals surface area (Å²) in [5.74, 6) is -0.102. The molecule has 37 heavy (non-hydrogen) atoms. The van der Waals surface area contributed by atoms with E-state index in [1.165, 1.54) is 0 Å². The molecule has 8 heteroatoms. The van der Waals surface area contributed by atoms with Crippen molar-refractivity contribution in [2.45, 2.75) is 59.4 Å². The molecule has 0 aliphatic heterocycles.